The number of hydrogen-bond donors (Lipinski definition) is 0. The summed E-state index contributed by atoms with van der Waals surface area (Å²) >= 11 is 6.03. The molecule has 0 saturated heterocycles. The van der Waals surface area contributed by atoms with Gasteiger partial charge >= 0.3 is 5.97 Å². The number of amides is 1. The van der Waals surface area contributed by atoms with Gasteiger partial charge in [0.15, 0.2) is 0 Å². The summed E-state index contributed by atoms with van der Waals surface area (Å²) in [5, 5.41) is 0.589. The molecule has 0 atom stereocenters. The van der Waals surface area contributed by atoms with Crippen LogP contribution in [0.1, 0.15) is 22.8 Å². The molecule has 0 unspecified atom stereocenters. The zero-order valence-electron chi connectivity index (χ0n) is 13.0. The Kier molecular flexibility index (Phi) is 4.62. The minimum absolute atomic E-state index is 0.194. The lowest BCUT2D eigenvalue weighted by Gasteiger charge is -2.19. The van der Waals surface area contributed by atoms with Crippen LogP contribution in [0.2, 0.25) is 5.02 Å². The number of esters is 1. The van der Waals surface area contributed by atoms with Crippen LogP contribution in [-0.4, -0.2) is 35.7 Å². The first-order chi connectivity index (χ1) is 11.5. The second-order valence-corrected chi connectivity index (χ2v) is 5.73. The molecule has 0 aromatic heterocycles. The summed E-state index contributed by atoms with van der Waals surface area (Å²) in [4.78, 5) is 29.9. The molecule has 1 amide bonds. The zero-order valence-corrected chi connectivity index (χ0v) is 13.8. The molecule has 6 heteroatoms. The van der Waals surface area contributed by atoms with Crippen LogP contribution < -0.4 is 4.74 Å². The van der Waals surface area contributed by atoms with Crippen molar-refractivity contribution in [1.29, 1.82) is 0 Å². The Bertz CT molecular complexity index is 833. The number of halogens is 1. The van der Waals surface area contributed by atoms with E-state index in [2.05, 4.69) is 4.99 Å². The van der Waals surface area contributed by atoms with E-state index in [0.717, 1.165) is 5.56 Å². The van der Waals surface area contributed by atoms with Crippen molar-refractivity contribution < 1.29 is 14.3 Å². The van der Waals surface area contributed by atoms with Gasteiger partial charge < -0.3 is 4.74 Å². The number of carbonyl (C=O) groups is 2. The Labute approximate surface area is 144 Å². The van der Waals surface area contributed by atoms with Gasteiger partial charge in [-0.05, 0) is 30.3 Å². The molecular formula is C18H15ClN2O3. The summed E-state index contributed by atoms with van der Waals surface area (Å²) in [5.41, 5.74) is 1.23. The van der Waals surface area contributed by atoms with Gasteiger partial charge in [0.1, 0.15) is 11.6 Å². The zero-order chi connectivity index (χ0) is 17.1. The SMILES string of the molecule is CC(=O)Oc1cccc(C(=O)N2CCN=C2c2cccc(Cl)c2)c1. The predicted molar refractivity (Wildman–Crippen MR) is 91.6 cm³/mol. The second kappa shape index (κ2) is 6.84. The Morgan fingerprint density at radius 2 is 1.96 bits per heavy atom. The lowest BCUT2D eigenvalue weighted by molar-refractivity contribution is -0.131. The van der Waals surface area contributed by atoms with Gasteiger partial charge in [-0.15, -0.1) is 0 Å². The molecule has 1 aliphatic heterocycles. The fourth-order valence-electron chi connectivity index (χ4n) is 2.53. The molecule has 1 heterocycles. The molecular weight excluding hydrogens is 328 g/mol. The molecule has 0 fully saturated rings. The van der Waals surface area contributed by atoms with Gasteiger partial charge in [-0.1, -0.05) is 29.8 Å². The summed E-state index contributed by atoms with van der Waals surface area (Å²) in [7, 11) is 0. The minimum atomic E-state index is -0.429. The number of hydrogen-bond acceptors (Lipinski definition) is 4. The van der Waals surface area contributed by atoms with E-state index in [-0.39, 0.29) is 5.91 Å². The van der Waals surface area contributed by atoms with Crippen molar-refractivity contribution in [2.24, 2.45) is 4.99 Å². The average molecular weight is 343 g/mol. The molecule has 122 valence electrons. The highest BCUT2D eigenvalue weighted by molar-refractivity contribution is 6.31. The number of aliphatic imine (C=N–C) groups is 1. The van der Waals surface area contributed by atoms with E-state index < -0.39 is 5.97 Å². The van der Waals surface area contributed by atoms with Gasteiger partial charge in [0.05, 0.1) is 6.54 Å². The van der Waals surface area contributed by atoms with Crippen molar-refractivity contribution in [3.05, 3.63) is 64.7 Å². The third-order valence-corrected chi connectivity index (χ3v) is 3.75. The van der Waals surface area contributed by atoms with Crippen molar-refractivity contribution in [2.75, 3.05) is 13.1 Å². The molecule has 3 rings (SSSR count). The number of benzene rings is 2. The molecule has 5 nitrogen and oxygen atoms in total. The Morgan fingerprint density at radius 3 is 2.71 bits per heavy atom. The molecule has 1 aliphatic rings. The first-order valence-corrected chi connectivity index (χ1v) is 7.83. The molecule has 0 radical (unpaired) electrons. The van der Waals surface area contributed by atoms with Crippen LogP contribution in [0.15, 0.2) is 53.5 Å². The highest BCUT2D eigenvalue weighted by atomic mass is 35.5. The van der Waals surface area contributed by atoms with E-state index in [1.54, 1.807) is 41.3 Å². The fourth-order valence-corrected chi connectivity index (χ4v) is 2.72. The molecule has 0 aliphatic carbocycles. The molecule has 24 heavy (non-hydrogen) atoms. The van der Waals surface area contributed by atoms with Gasteiger partial charge in [-0.2, -0.15) is 0 Å². The van der Waals surface area contributed by atoms with Crippen molar-refractivity contribution in [2.45, 2.75) is 6.92 Å². The number of amidine groups is 1. The van der Waals surface area contributed by atoms with Crippen LogP contribution in [0.4, 0.5) is 0 Å². The topological polar surface area (TPSA) is 59.0 Å². The number of nitrogens with zero attached hydrogens (tertiary/aromatic N) is 2. The van der Waals surface area contributed by atoms with Crippen LogP contribution in [0.3, 0.4) is 0 Å². The molecule has 2 aromatic carbocycles. The highest BCUT2D eigenvalue weighted by Crippen LogP contribution is 2.20. The van der Waals surface area contributed by atoms with E-state index >= 15 is 0 Å². The number of rotatable bonds is 3. The smallest absolute Gasteiger partial charge is 0.308 e. The van der Waals surface area contributed by atoms with Crippen LogP contribution in [0.25, 0.3) is 0 Å². The van der Waals surface area contributed by atoms with Gasteiger partial charge in [0, 0.05) is 29.6 Å². The van der Waals surface area contributed by atoms with E-state index in [0.29, 0.717) is 35.3 Å². The highest BCUT2D eigenvalue weighted by Gasteiger charge is 2.26. The maximum atomic E-state index is 12.8. The fraction of sp³-hybridized carbons (Fsp3) is 0.167. The number of ether oxygens (including phenoxy) is 1. The maximum Gasteiger partial charge on any atom is 0.308 e. The Balaban J connectivity index is 1.87. The standard InChI is InChI=1S/C18H15ClN2O3/c1-12(22)24-16-7-3-5-14(11-16)18(23)21-9-8-20-17(21)13-4-2-6-15(19)10-13/h2-7,10-11H,8-9H2,1H3. The summed E-state index contributed by atoms with van der Waals surface area (Å²) in [6.45, 7) is 2.36. The summed E-state index contributed by atoms with van der Waals surface area (Å²) < 4.78 is 5.04. The van der Waals surface area contributed by atoms with Crippen molar-refractivity contribution in [3.8, 4) is 5.75 Å². The van der Waals surface area contributed by atoms with Crippen molar-refractivity contribution in [1.82, 2.24) is 4.90 Å². The van der Waals surface area contributed by atoms with Crippen LogP contribution in [0, 0.1) is 0 Å². The summed E-state index contributed by atoms with van der Waals surface area (Å²) in [5.74, 6) is 0.316. The van der Waals surface area contributed by atoms with Crippen molar-refractivity contribution >= 4 is 29.3 Å². The first kappa shape index (κ1) is 16.2. The normalized spacial score (nSPS) is 13.6. The minimum Gasteiger partial charge on any atom is -0.427 e. The van der Waals surface area contributed by atoms with Crippen LogP contribution >= 0.6 is 11.6 Å². The van der Waals surface area contributed by atoms with E-state index in [9.17, 15) is 9.59 Å². The van der Waals surface area contributed by atoms with Crippen LogP contribution in [-0.2, 0) is 4.79 Å². The Hall–Kier alpha value is -2.66. The average Bonchev–Trinajstić information content (AvgIpc) is 3.03. The van der Waals surface area contributed by atoms with Gasteiger partial charge in [-0.25, -0.2) is 0 Å². The molecule has 0 spiro atoms. The van der Waals surface area contributed by atoms with Gasteiger partial charge in [0.25, 0.3) is 5.91 Å². The van der Waals surface area contributed by atoms with Gasteiger partial charge in [0.2, 0.25) is 0 Å². The number of carbonyl (C=O) groups excluding carboxylic acids is 2. The third-order valence-electron chi connectivity index (χ3n) is 3.51. The predicted octanol–water partition coefficient (Wildman–Crippen LogP) is 3.17. The molecule has 0 saturated carbocycles. The molecule has 0 bridgehead atoms. The lowest BCUT2D eigenvalue weighted by atomic mass is 10.1. The molecule has 2 aromatic rings. The summed E-state index contributed by atoms with van der Waals surface area (Å²) in [6.07, 6.45) is 0. The largest absolute Gasteiger partial charge is 0.427 e. The van der Waals surface area contributed by atoms with E-state index in [1.807, 2.05) is 12.1 Å². The van der Waals surface area contributed by atoms with E-state index in [1.165, 1.54) is 6.92 Å². The second-order valence-electron chi connectivity index (χ2n) is 5.29. The monoisotopic (exact) mass is 342 g/mol. The Morgan fingerprint density at radius 1 is 1.17 bits per heavy atom. The third kappa shape index (κ3) is 3.46. The molecule has 0 N–H and O–H groups in total. The maximum absolute atomic E-state index is 12.8. The first-order valence-electron chi connectivity index (χ1n) is 7.45. The quantitative estimate of drug-likeness (QED) is 0.636. The van der Waals surface area contributed by atoms with Crippen LogP contribution in [0.5, 0.6) is 5.75 Å². The lowest BCUT2D eigenvalue weighted by Crippen LogP contribution is -2.34. The van der Waals surface area contributed by atoms with Crippen molar-refractivity contribution in [3.63, 3.8) is 0 Å². The van der Waals surface area contributed by atoms with E-state index in [4.69, 9.17) is 16.3 Å². The summed E-state index contributed by atoms with van der Waals surface area (Å²) in [6, 6.07) is 13.8. The van der Waals surface area contributed by atoms with Gasteiger partial charge in [-0.3, -0.25) is 19.5 Å².